The molecule has 0 heterocycles. The van der Waals surface area contributed by atoms with E-state index < -0.39 is 15.9 Å². The van der Waals surface area contributed by atoms with E-state index in [1.54, 1.807) is 48.2 Å². The number of sulfonamides is 1. The van der Waals surface area contributed by atoms with Crippen molar-refractivity contribution in [3.63, 3.8) is 0 Å². The normalized spacial score (nSPS) is 11.1. The van der Waals surface area contributed by atoms with Gasteiger partial charge in [0, 0.05) is 23.1 Å². The van der Waals surface area contributed by atoms with Gasteiger partial charge in [-0.1, -0.05) is 54.1 Å². The summed E-state index contributed by atoms with van der Waals surface area (Å²) in [5, 5.41) is 3.48. The van der Waals surface area contributed by atoms with Gasteiger partial charge in [-0.15, -0.1) is 0 Å². The molecule has 0 saturated carbocycles. The number of rotatable bonds is 11. The zero-order chi connectivity index (χ0) is 23.7. The number of amides is 1. The highest BCUT2D eigenvalue weighted by molar-refractivity contribution is 7.98. The molecular formula is C24H25ClN2O4S2. The summed E-state index contributed by atoms with van der Waals surface area (Å²) in [6.07, 6.45) is 1.07. The van der Waals surface area contributed by atoms with Crippen LogP contribution in [0.4, 0.5) is 5.69 Å². The first-order valence-electron chi connectivity index (χ1n) is 10.2. The molecule has 6 nitrogen and oxygen atoms in total. The smallest absolute Gasteiger partial charge is 0.240 e. The molecule has 1 N–H and O–H groups in total. The second kappa shape index (κ2) is 12.0. The largest absolute Gasteiger partial charge is 0.455 e. The van der Waals surface area contributed by atoms with Gasteiger partial charge in [0.2, 0.25) is 15.9 Å². The third kappa shape index (κ3) is 7.99. The Labute approximate surface area is 204 Å². The van der Waals surface area contributed by atoms with Crippen LogP contribution < -0.4 is 14.4 Å². The van der Waals surface area contributed by atoms with E-state index in [1.807, 2.05) is 42.5 Å². The first-order chi connectivity index (χ1) is 15.8. The Bertz CT molecular complexity index is 1170. The fourth-order valence-corrected chi connectivity index (χ4v) is 4.89. The zero-order valence-electron chi connectivity index (χ0n) is 18.1. The van der Waals surface area contributed by atoms with Crippen LogP contribution in [0.5, 0.6) is 11.5 Å². The molecule has 0 aliphatic heterocycles. The SMILES string of the molecule is CS(=O)(=O)N(CC(=O)NCCSCc1cccc(Cl)c1)c1ccccc1Oc1ccccc1. The number of anilines is 1. The van der Waals surface area contributed by atoms with Crippen LogP contribution in [0.25, 0.3) is 0 Å². The summed E-state index contributed by atoms with van der Waals surface area (Å²) in [6.45, 7) is 0.0801. The van der Waals surface area contributed by atoms with Crippen molar-refractivity contribution in [1.82, 2.24) is 5.32 Å². The second-order valence-corrected chi connectivity index (χ2v) is 10.6. The maximum atomic E-state index is 12.5. The van der Waals surface area contributed by atoms with Crippen LogP contribution in [0, 0.1) is 0 Å². The van der Waals surface area contributed by atoms with Crippen LogP contribution in [-0.2, 0) is 20.6 Å². The summed E-state index contributed by atoms with van der Waals surface area (Å²) in [4.78, 5) is 12.5. The van der Waals surface area contributed by atoms with Crippen molar-refractivity contribution in [3.05, 3.63) is 89.4 Å². The minimum atomic E-state index is -3.73. The summed E-state index contributed by atoms with van der Waals surface area (Å²) < 4.78 is 32.0. The van der Waals surface area contributed by atoms with E-state index in [4.69, 9.17) is 16.3 Å². The number of thioether (sulfide) groups is 1. The number of hydrogen-bond acceptors (Lipinski definition) is 5. The Morgan fingerprint density at radius 3 is 2.48 bits per heavy atom. The molecule has 0 radical (unpaired) electrons. The zero-order valence-corrected chi connectivity index (χ0v) is 20.5. The van der Waals surface area contributed by atoms with Crippen molar-refractivity contribution in [2.45, 2.75) is 5.75 Å². The van der Waals surface area contributed by atoms with E-state index >= 15 is 0 Å². The quantitative estimate of drug-likeness (QED) is 0.374. The van der Waals surface area contributed by atoms with Gasteiger partial charge in [0.05, 0.1) is 11.9 Å². The molecule has 0 spiro atoms. The molecule has 3 rings (SSSR count). The van der Waals surface area contributed by atoms with E-state index in [0.717, 1.165) is 21.9 Å². The Kier molecular flexibility index (Phi) is 9.05. The average Bonchev–Trinajstić information content (AvgIpc) is 2.78. The van der Waals surface area contributed by atoms with E-state index in [2.05, 4.69) is 5.32 Å². The summed E-state index contributed by atoms with van der Waals surface area (Å²) in [6, 6.07) is 23.4. The number of nitrogens with zero attached hydrogens (tertiary/aromatic N) is 1. The maximum absolute atomic E-state index is 12.5. The summed E-state index contributed by atoms with van der Waals surface area (Å²) in [5.41, 5.74) is 1.41. The standard InChI is InChI=1S/C24H25ClN2O4S2/c1-33(29,30)27(22-12-5-6-13-23(22)31-21-10-3-2-4-11-21)17-24(28)26-14-15-32-18-19-8-7-9-20(25)16-19/h2-13,16H,14-15,17-18H2,1H3,(H,26,28). The lowest BCUT2D eigenvalue weighted by molar-refractivity contribution is -0.119. The van der Waals surface area contributed by atoms with Gasteiger partial charge in [-0.25, -0.2) is 8.42 Å². The van der Waals surface area contributed by atoms with Crippen molar-refractivity contribution in [3.8, 4) is 11.5 Å². The molecule has 174 valence electrons. The molecule has 0 aliphatic carbocycles. The van der Waals surface area contributed by atoms with Gasteiger partial charge in [-0.3, -0.25) is 9.10 Å². The van der Waals surface area contributed by atoms with E-state index in [-0.39, 0.29) is 6.54 Å². The molecule has 33 heavy (non-hydrogen) atoms. The van der Waals surface area contributed by atoms with E-state index in [1.165, 1.54) is 0 Å². The topological polar surface area (TPSA) is 75.7 Å². The number of halogens is 1. The monoisotopic (exact) mass is 504 g/mol. The van der Waals surface area contributed by atoms with Gasteiger partial charge >= 0.3 is 0 Å². The van der Waals surface area contributed by atoms with Gasteiger partial charge in [0.1, 0.15) is 12.3 Å². The molecule has 0 aromatic heterocycles. The molecule has 3 aromatic carbocycles. The highest BCUT2D eigenvalue weighted by Crippen LogP contribution is 2.33. The number of benzene rings is 3. The van der Waals surface area contributed by atoms with Crippen molar-refractivity contribution in [2.24, 2.45) is 0 Å². The number of hydrogen-bond donors (Lipinski definition) is 1. The molecule has 0 bridgehead atoms. The summed E-state index contributed by atoms with van der Waals surface area (Å²) in [7, 11) is -3.73. The van der Waals surface area contributed by atoms with Crippen LogP contribution in [-0.4, -0.2) is 39.4 Å². The Morgan fingerprint density at radius 1 is 1.03 bits per heavy atom. The van der Waals surface area contributed by atoms with Crippen LogP contribution in [0.15, 0.2) is 78.9 Å². The predicted octanol–water partition coefficient (Wildman–Crippen LogP) is 4.95. The fraction of sp³-hybridized carbons (Fsp3) is 0.208. The maximum Gasteiger partial charge on any atom is 0.240 e. The van der Waals surface area contributed by atoms with Crippen LogP contribution >= 0.6 is 23.4 Å². The van der Waals surface area contributed by atoms with Crippen LogP contribution in [0.3, 0.4) is 0 Å². The van der Waals surface area contributed by atoms with Crippen molar-refractivity contribution < 1.29 is 17.9 Å². The number of ether oxygens (including phenoxy) is 1. The van der Waals surface area contributed by atoms with Crippen molar-refractivity contribution >= 4 is 45.0 Å². The molecule has 9 heteroatoms. The molecular weight excluding hydrogens is 480 g/mol. The van der Waals surface area contributed by atoms with E-state index in [9.17, 15) is 13.2 Å². The van der Waals surface area contributed by atoms with Gasteiger partial charge in [0.25, 0.3) is 0 Å². The Morgan fingerprint density at radius 2 is 1.76 bits per heavy atom. The third-order valence-corrected chi connectivity index (χ3v) is 6.91. The lowest BCUT2D eigenvalue weighted by atomic mass is 10.2. The number of carbonyl (C=O) groups excluding carboxylic acids is 1. The van der Waals surface area contributed by atoms with Gasteiger partial charge < -0.3 is 10.1 Å². The summed E-state index contributed by atoms with van der Waals surface area (Å²) >= 11 is 7.65. The fourth-order valence-electron chi connectivity index (χ4n) is 3.01. The molecule has 0 unspecified atom stereocenters. The lowest BCUT2D eigenvalue weighted by Crippen LogP contribution is -2.41. The molecule has 3 aromatic rings. The highest BCUT2D eigenvalue weighted by atomic mass is 35.5. The second-order valence-electron chi connectivity index (χ2n) is 7.18. The average molecular weight is 505 g/mol. The highest BCUT2D eigenvalue weighted by Gasteiger charge is 2.24. The molecule has 0 fully saturated rings. The first kappa shape index (κ1) is 25.0. The van der Waals surface area contributed by atoms with Gasteiger partial charge in [-0.2, -0.15) is 11.8 Å². The number of carbonyl (C=O) groups is 1. The molecule has 0 atom stereocenters. The third-order valence-electron chi connectivity index (χ3n) is 4.52. The predicted molar refractivity (Wildman–Crippen MR) is 136 cm³/mol. The van der Waals surface area contributed by atoms with Crippen LogP contribution in [0.1, 0.15) is 5.56 Å². The summed E-state index contributed by atoms with van der Waals surface area (Å²) in [5.74, 6) is 1.98. The Hall–Kier alpha value is -2.68. The van der Waals surface area contributed by atoms with Gasteiger partial charge in [0.15, 0.2) is 5.75 Å². The molecule has 1 amide bonds. The Balaban J connectivity index is 1.59. The van der Waals surface area contributed by atoms with Crippen molar-refractivity contribution in [2.75, 3.05) is 29.4 Å². The first-order valence-corrected chi connectivity index (χ1v) is 13.6. The lowest BCUT2D eigenvalue weighted by Gasteiger charge is -2.24. The van der Waals surface area contributed by atoms with E-state index in [0.29, 0.717) is 34.5 Å². The number of para-hydroxylation sites is 3. The van der Waals surface area contributed by atoms with Crippen molar-refractivity contribution in [1.29, 1.82) is 0 Å². The minimum absolute atomic E-state index is 0.300. The number of nitrogens with one attached hydrogen (secondary N) is 1. The van der Waals surface area contributed by atoms with Gasteiger partial charge in [-0.05, 0) is 42.0 Å². The van der Waals surface area contributed by atoms with Crippen LogP contribution in [0.2, 0.25) is 5.02 Å². The molecule has 0 aliphatic rings. The molecule has 0 saturated heterocycles. The minimum Gasteiger partial charge on any atom is -0.455 e.